The van der Waals surface area contributed by atoms with E-state index in [4.69, 9.17) is 5.26 Å². The first-order chi connectivity index (χ1) is 8.02. The van der Waals surface area contributed by atoms with Crippen molar-refractivity contribution >= 4 is 16.8 Å². The first-order valence-electron chi connectivity index (χ1n) is 5.28. The number of carbonyl (C=O) groups excluding carboxylic acids is 1. The molecular formula is C12H10N4O. The van der Waals surface area contributed by atoms with Crippen LogP contribution >= 0.6 is 0 Å². The summed E-state index contributed by atoms with van der Waals surface area (Å²) in [5.74, 6) is -0.302. The Balaban J connectivity index is 1.96. The van der Waals surface area contributed by atoms with Crippen LogP contribution in [-0.4, -0.2) is 21.6 Å². The molecule has 2 aliphatic rings. The molecule has 1 aromatic heterocycles. The third-order valence-electron chi connectivity index (χ3n) is 2.82. The van der Waals surface area contributed by atoms with E-state index >= 15 is 0 Å². The molecule has 1 heterocycles. The van der Waals surface area contributed by atoms with E-state index in [1.165, 1.54) is 0 Å². The maximum atomic E-state index is 12.0. The quantitative estimate of drug-likeness (QED) is 0.696. The van der Waals surface area contributed by atoms with Gasteiger partial charge in [0.2, 0.25) is 0 Å². The highest BCUT2D eigenvalue weighted by Crippen LogP contribution is 2.42. The van der Waals surface area contributed by atoms with E-state index in [9.17, 15) is 4.79 Å². The van der Waals surface area contributed by atoms with E-state index in [0.717, 1.165) is 22.0 Å². The number of nitrogens with one attached hydrogen (secondary N) is 2. The van der Waals surface area contributed by atoms with Gasteiger partial charge in [0.05, 0.1) is 6.07 Å². The zero-order chi connectivity index (χ0) is 12.2. The van der Waals surface area contributed by atoms with Crippen LogP contribution in [0.3, 0.4) is 0 Å². The van der Waals surface area contributed by atoms with Gasteiger partial charge < -0.3 is 5.32 Å². The number of aromatic amines is 1. The molecule has 0 aliphatic heterocycles. The molecule has 5 heteroatoms. The van der Waals surface area contributed by atoms with Crippen molar-refractivity contribution in [2.24, 2.45) is 0 Å². The van der Waals surface area contributed by atoms with Gasteiger partial charge in [-0.3, -0.25) is 9.89 Å². The first-order valence-corrected chi connectivity index (χ1v) is 5.28. The number of H-pyrrole nitrogens is 1. The first kappa shape index (κ1) is 9.85. The Morgan fingerprint density at radius 2 is 2.29 bits per heavy atom. The van der Waals surface area contributed by atoms with Crippen LogP contribution in [0, 0.1) is 11.3 Å². The molecule has 1 aromatic rings. The summed E-state index contributed by atoms with van der Waals surface area (Å²) < 4.78 is 0. The Labute approximate surface area is 97.4 Å². The summed E-state index contributed by atoms with van der Waals surface area (Å²) >= 11 is 0. The molecule has 0 saturated carbocycles. The Morgan fingerprint density at radius 3 is 3.00 bits per heavy atom. The van der Waals surface area contributed by atoms with Crippen molar-refractivity contribution < 1.29 is 4.79 Å². The zero-order valence-corrected chi connectivity index (χ0v) is 9.46. The number of fused-ring (bicyclic) bond motifs is 3. The number of benzene rings is 1. The van der Waals surface area contributed by atoms with Gasteiger partial charge in [-0.1, -0.05) is 0 Å². The Bertz CT molecular complexity index is 690. The zero-order valence-electron chi connectivity index (χ0n) is 9.46. The van der Waals surface area contributed by atoms with Gasteiger partial charge in [-0.05, 0) is 31.5 Å². The number of nitrogens with zero attached hydrogens (tertiary/aromatic N) is 2. The molecule has 5 nitrogen and oxygen atoms in total. The molecule has 0 fully saturated rings. The highest BCUT2D eigenvalue weighted by molar-refractivity contribution is 6.15. The predicted molar refractivity (Wildman–Crippen MR) is 62.2 cm³/mol. The lowest BCUT2D eigenvalue weighted by Gasteiger charge is -2.16. The van der Waals surface area contributed by atoms with Gasteiger partial charge in [0, 0.05) is 10.9 Å². The van der Waals surface area contributed by atoms with Crippen LogP contribution in [0.25, 0.3) is 22.0 Å². The minimum absolute atomic E-state index is 0.302. The van der Waals surface area contributed by atoms with Gasteiger partial charge in [-0.25, -0.2) is 0 Å². The van der Waals surface area contributed by atoms with E-state index in [2.05, 4.69) is 15.5 Å². The molecule has 84 valence electrons. The fourth-order valence-corrected chi connectivity index (χ4v) is 1.84. The summed E-state index contributed by atoms with van der Waals surface area (Å²) in [6.07, 6.45) is 0. The summed E-state index contributed by atoms with van der Waals surface area (Å²) in [6.45, 7) is 3.31. The number of amides is 1. The van der Waals surface area contributed by atoms with Crippen LogP contribution < -0.4 is 5.32 Å². The molecule has 17 heavy (non-hydrogen) atoms. The smallest absolute Gasteiger partial charge is 0.271 e. The normalized spacial score (nSPS) is 12.3. The lowest BCUT2D eigenvalue weighted by Crippen LogP contribution is -2.42. The third kappa shape index (κ3) is 1.38. The number of hydrogen-bond acceptors (Lipinski definition) is 3. The largest absolute Gasteiger partial charge is 0.333 e. The lowest BCUT2D eigenvalue weighted by molar-refractivity contribution is 0.0926. The second kappa shape index (κ2) is 2.86. The second-order valence-electron chi connectivity index (χ2n) is 4.71. The van der Waals surface area contributed by atoms with Gasteiger partial charge in [-0.15, -0.1) is 0 Å². The molecule has 2 aliphatic carbocycles. The van der Waals surface area contributed by atoms with Crippen LogP contribution in [0.1, 0.15) is 24.3 Å². The molecular weight excluding hydrogens is 216 g/mol. The van der Waals surface area contributed by atoms with E-state index < -0.39 is 5.54 Å². The van der Waals surface area contributed by atoms with Crippen molar-refractivity contribution in [1.29, 1.82) is 5.26 Å². The van der Waals surface area contributed by atoms with Gasteiger partial charge in [0.25, 0.3) is 5.91 Å². The molecule has 1 amide bonds. The topological polar surface area (TPSA) is 81.6 Å². The van der Waals surface area contributed by atoms with Crippen molar-refractivity contribution in [2.45, 2.75) is 19.4 Å². The van der Waals surface area contributed by atoms with Gasteiger partial charge in [0.15, 0.2) is 0 Å². The molecule has 3 rings (SSSR count). The number of nitriles is 1. The summed E-state index contributed by atoms with van der Waals surface area (Å²) in [5.41, 5.74) is 2.62. The fraction of sp³-hybridized carbons (Fsp3) is 0.250. The van der Waals surface area contributed by atoms with Crippen molar-refractivity contribution in [3.63, 3.8) is 0 Å². The van der Waals surface area contributed by atoms with Crippen molar-refractivity contribution in [2.75, 3.05) is 0 Å². The summed E-state index contributed by atoms with van der Waals surface area (Å²) in [5, 5.41) is 19.2. The fourth-order valence-electron chi connectivity index (χ4n) is 1.84. The second-order valence-corrected chi connectivity index (χ2v) is 4.71. The highest BCUT2D eigenvalue weighted by atomic mass is 16.2. The lowest BCUT2D eigenvalue weighted by atomic mass is 10.1. The number of rotatable bonds is 2. The van der Waals surface area contributed by atoms with Crippen LogP contribution in [0.5, 0.6) is 0 Å². The van der Waals surface area contributed by atoms with Crippen molar-refractivity contribution in [3.05, 3.63) is 17.8 Å². The molecule has 0 radical (unpaired) electrons. The molecule has 0 bridgehead atoms. The maximum Gasteiger partial charge on any atom is 0.271 e. The molecule has 0 unspecified atom stereocenters. The van der Waals surface area contributed by atoms with Gasteiger partial charge in [-0.2, -0.15) is 10.4 Å². The number of aromatic nitrogens is 2. The monoisotopic (exact) mass is 226 g/mol. The van der Waals surface area contributed by atoms with Gasteiger partial charge in [0.1, 0.15) is 16.7 Å². The minimum Gasteiger partial charge on any atom is -0.333 e. The Kier molecular flexibility index (Phi) is 1.65. The molecule has 0 spiro atoms. The van der Waals surface area contributed by atoms with E-state index in [1.54, 1.807) is 13.8 Å². The van der Waals surface area contributed by atoms with E-state index in [0.29, 0.717) is 5.69 Å². The SMILES string of the molecule is CC(C)(C#N)NC(=O)c1[nH]nc2c3cc-3cc12. The summed E-state index contributed by atoms with van der Waals surface area (Å²) in [7, 11) is 0. The van der Waals surface area contributed by atoms with Crippen LogP contribution in [0.15, 0.2) is 12.1 Å². The van der Waals surface area contributed by atoms with Crippen LogP contribution in [0.2, 0.25) is 0 Å². The summed E-state index contributed by atoms with van der Waals surface area (Å²) in [6, 6.07) is 5.98. The Morgan fingerprint density at radius 1 is 1.53 bits per heavy atom. The van der Waals surface area contributed by atoms with Crippen molar-refractivity contribution in [1.82, 2.24) is 15.5 Å². The predicted octanol–water partition coefficient (Wildman–Crippen LogP) is 1.58. The van der Waals surface area contributed by atoms with Gasteiger partial charge >= 0.3 is 0 Å². The number of carbonyl (C=O) groups is 1. The summed E-state index contributed by atoms with van der Waals surface area (Å²) in [4.78, 5) is 12.0. The average molecular weight is 226 g/mol. The van der Waals surface area contributed by atoms with Crippen LogP contribution in [0.4, 0.5) is 0 Å². The standard InChI is InChI=1S/C12H10N4O/c1-12(2,5-13)14-11(17)10-8-4-6-3-7(6)9(8)15-16-10/h3-4H,1-2H3,(H,14,17)(H,15,16). The third-order valence-corrected chi connectivity index (χ3v) is 2.82. The Hall–Kier alpha value is -2.35. The average Bonchev–Trinajstić information content (AvgIpc) is 2.75. The van der Waals surface area contributed by atoms with E-state index in [-0.39, 0.29) is 5.91 Å². The molecule has 0 saturated heterocycles. The molecule has 0 aromatic carbocycles. The van der Waals surface area contributed by atoms with Crippen LogP contribution in [-0.2, 0) is 0 Å². The van der Waals surface area contributed by atoms with Crippen molar-refractivity contribution in [3.8, 4) is 17.2 Å². The minimum atomic E-state index is -0.886. The molecule has 0 atom stereocenters. The number of hydrogen-bond donors (Lipinski definition) is 2. The maximum absolute atomic E-state index is 12.0. The molecule has 2 N–H and O–H groups in total. The van der Waals surface area contributed by atoms with E-state index in [1.807, 2.05) is 18.2 Å². The highest BCUT2D eigenvalue weighted by Gasteiger charge is 2.27.